The highest BCUT2D eigenvalue weighted by Crippen LogP contribution is 2.34. The Morgan fingerprint density at radius 2 is 1.96 bits per heavy atom. The Morgan fingerprint density at radius 1 is 1.12 bits per heavy atom. The van der Waals surface area contributed by atoms with Crippen LogP contribution < -0.4 is 5.32 Å². The van der Waals surface area contributed by atoms with Crippen LogP contribution in [0.1, 0.15) is 28.0 Å². The number of halogens is 1. The van der Waals surface area contributed by atoms with E-state index in [1.807, 2.05) is 23.0 Å². The van der Waals surface area contributed by atoms with Crippen LogP contribution in [0.3, 0.4) is 0 Å². The summed E-state index contributed by atoms with van der Waals surface area (Å²) >= 11 is 0. The van der Waals surface area contributed by atoms with Crippen LogP contribution in [-0.2, 0) is 19.4 Å². The fourth-order valence-corrected chi connectivity index (χ4v) is 3.55. The fourth-order valence-electron chi connectivity index (χ4n) is 3.55. The predicted octanol–water partition coefficient (Wildman–Crippen LogP) is 2.06. The number of rotatable bonds is 1. The molecule has 1 aliphatic carbocycles. The van der Waals surface area contributed by atoms with Gasteiger partial charge in [-0.05, 0) is 37.0 Å². The summed E-state index contributed by atoms with van der Waals surface area (Å²) in [5, 5.41) is 7.69. The third kappa shape index (κ3) is 2.55. The van der Waals surface area contributed by atoms with E-state index in [4.69, 9.17) is 10.1 Å². The van der Waals surface area contributed by atoms with Gasteiger partial charge >= 0.3 is 0 Å². The number of aromatic nitrogens is 5. The van der Waals surface area contributed by atoms with E-state index in [1.165, 1.54) is 0 Å². The number of fused-ring (bicyclic) bond motifs is 5. The zero-order valence-corrected chi connectivity index (χ0v) is 14.8. The van der Waals surface area contributed by atoms with Gasteiger partial charge in [0.25, 0.3) is 5.91 Å². The van der Waals surface area contributed by atoms with Crippen molar-refractivity contribution >= 4 is 18.3 Å². The lowest BCUT2D eigenvalue weighted by molar-refractivity contribution is 0.0949. The molecule has 0 radical (unpaired) electrons. The van der Waals surface area contributed by atoms with Gasteiger partial charge in [0, 0.05) is 42.8 Å². The maximum Gasteiger partial charge on any atom is 0.269 e. The molecule has 8 heteroatoms. The molecular weight excluding hydrogens is 352 g/mol. The third-order valence-electron chi connectivity index (χ3n) is 4.77. The molecule has 1 aliphatic heterocycles. The Morgan fingerprint density at radius 3 is 2.81 bits per heavy atom. The van der Waals surface area contributed by atoms with Crippen LogP contribution >= 0.6 is 12.4 Å². The summed E-state index contributed by atoms with van der Waals surface area (Å²) in [7, 11) is 0. The van der Waals surface area contributed by atoms with Gasteiger partial charge in [0.15, 0.2) is 5.82 Å². The van der Waals surface area contributed by atoms with Crippen molar-refractivity contribution in [3.63, 3.8) is 0 Å². The number of carbonyl (C=O) groups excluding carboxylic acids is 1. The van der Waals surface area contributed by atoms with E-state index < -0.39 is 0 Å². The van der Waals surface area contributed by atoms with Crippen LogP contribution in [0.5, 0.6) is 0 Å². The SMILES string of the molecule is Cl.O=C1NCCCn2nc3c(c21)CCc1cnc(-c2ccncc2)nc1-3. The van der Waals surface area contributed by atoms with E-state index >= 15 is 0 Å². The molecule has 1 N–H and O–H groups in total. The van der Waals surface area contributed by atoms with Crippen LogP contribution in [0.25, 0.3) is 22.8 Å². The summed E-state index contributed by atoms with van der Waals surface area (Å²) in [5.74, 6) is 0.625. The maximum absolute atomic E-state index is 12.4. The maximum atomic E-state index is 12.4. The Balaban J connectivity index is 0.00000168. The number of nitrogens with one attached hydrogen (secondary N) is 1. The molecule has 0 atom stereocenters. The van der Waals surface area contributed by atoms with Crippen molar-refractivity contribution in [2.24, 2.45) is 0 Å². The molecule has 0 unspecified atom stereocenters. The van der Waals surface area contributed by atoms with Crippen molar-refractivity contribution < 1.29 is 4.79 Å². The van der Waals surface area contributed by atoms with Gasteiger partial charge in [-0.1, -0.05) is 0 Å². The standard InChI is InChI=1S/C18H16N6O.ClH/c25-18-16-13-3-2-12-10-21-17(11-4-7-19-8-5-11)22-14(12)15(13)23-24(16)9-1-6-20-18;/h4-5,7-8,10H,1-3,6,9H2,(H,20,25);1H. The average Bonchev–Trinajstić information content (AvgIpc) is 2.94. The first kappa shape index (κ1) is 16.7. The molecule has 1 amide bonds. The minimum absolute atomic E-state index is 0. The first-order valence-corrected chi connectivity index (χ1v) is 8.46. The van der Waals surface area contributed by atoms with Gasteiger partial charge in [-0.15, -0.1) is 12.4 Å². The van der Waals surface area contributed by atoms with Crippen LogP contribution in [0.2, 0.25) is 0 Å². The second kappa shape index (κ2) is 6.49. The molecule has 26 heavy (non-hydrogen) atoms. The number of pyridine rings is 1. The van der Waals surface area contributed by atoms with Gasteiger partial charge < -0.3 is 5.32 Å². The van der Waals surface area contributed by atoms with Gasteiger partial charge in [0.2, 0.25) is 0 Å². The molecule has 132 valence electrons. The number of hydrogen-bond donors (Lipinski definition) is 1. The van der Waals surface area contributed by atoms with Crippen molar-refractivity contribution in [3.8, 4) is 22.8 Å². The van der Waals surface area contributed by atoms with Crippen molar-refractivity contribution in [1.82, 2.24) is 30.0 Å². The summed E-state index contributed by atoms with van der Waals surface area (Å²) in [6.45, 7) is 1.45. The molecule has 0 aromatic carbocycles. The van der Waals surface area contributed by atoms with Gasteiger partial charge in [0.1, 0.15) is 11.4 Å². The monoisotopic (exact) mass is 368 g/mol. The Hall–Kier alpha value is -2.80. The van der Waals surface area contributed by atoms with E-state index in [2.05, 4.69) is 15.3 Å². The van der Waals surface area contributed by atoms with Gasteiger partial charge in [-0.2, -0.15) is 5.10 Å². The Bertz CT molecular complexity index is 985. The zero-order chi connectivity index (χ0) is 16.8. The number of carbonyl (C=O) groups is 1. The molecule has 0 spiro atoms. The Labute approximate surface area is 156 Å². The minimum atomic E-state index is -0.0295. The largest absolute Gasteiger partial charge is 0.351 e. The molecule has 3 aromatic rings. The average molecular weight is 369 g/mol. The normalized spacial score (nSPS) is 15.0. The van der Waals surface area contributed by atoms with Crippen molar-refractivity contribution in [2.75, 3.05) is 6.54 Å². The van der Waals surface area contributed by atoms with Gasteiger partial charge in [-0.3, -0.25) is 14.5 Å². The second-order valence-corrected chi connectivity index (χ2v) is 6.31. The van der Waals surface area contributed by atoms with Crippen molar-refractivity contribution in [1.29, 1.82) is 0 Å². The topological polar surface area (TPSA) is 85.6 Å². The zero-order valence-electron chi connectivity index (χ0n) is 14.0. The number of hydrogen-bond acceptors (Lipinski definition) is 5. The molecule has 0 saturated carbocycles. The van der Waals surface area contributed by atoms with Crippen LogP contribution in [0, 0.1) is 0 Å². The van der Waals surface area contributed by atoms with E-state index in [9.17, 15) is 4.79 Å². The molecule has 0 fully saturated rings. The lowest BCUT2D eigenvalue weighted by Gasteiger charge is -2.15. The minimum Gasteiger partial charge on any atom is -0.351 e. The molecule has 7 nitrogen and oxygen atoms in total. The molecule has 5 rings (SSSR count). The quantitative estimate of drug-likeness (QED) is 0.710. The highest BCUT2D eigenvalue weighted by Gasteiger charge is 2.30. The highest BCUT2D eigenvalue weighted by atomic mass is 35.5. The summed E-state index contributed by atoms with van der Waals surface area (Å²) in [6.07, 6.45) is 7.84. The van der Waals surface area contributed by atoms with Crippen molar-refractivity contribution in [2.45, 2.75) is 25.8 Å². The molecule has 4 heterocycles. The first-order valence-electron chi connectivity index (χ1n) is 8.46. The lowest BCUT2D eigenvalue weighted by Crippen LogP contribution is -2.24. The van der Waals surface area contributed by atoms with E-state index in [0.29, 0.717) is 18.1 Å². The van der Waals surface area contributed by atoms with Crippen LogP contribution in [0.4, 0.5) is 0 Å². The van der Waals surface area contributed by atoms with E-state index in [1.54, 1.807) is 12.4 Å². The number of nitrogens with zero attached hydrogens (tertiary/aromatic N) is 5. The third-order valence-corrected chi connectivity index (χ3v) is 4.77. The van der Waals surface area contributed by atoms with Gasteiger partial charge in [-0.25, -0.2) is 9.97 Å². The first-order chi connectivity index (χ1) is 12.3. The summed E-state index contributed by atoms with van der Waals surface area (Å²) < 4.78 is 1.84. The molecular formula is C18H17ClN6O. The lowest BCUT2D eigenvalue weighted by atomic mass is 9.93. The summed E-state index contributed by atoms with van der Waals surface area (Å²) in [6, 6.07) is 3.78. The molecule has 2 aliphatic rings. The fraction of sp³-hybridized carbons (Fsp3) is 0.278. The Kier molecular flexibility index (Phi) is 4.16. The molecule has 0 bridgehead atoms. The van der Waals surface area contributed by atoms with Crippen molar-refractivity contribution in [3.05, 3.63) is 47.5 Å². The molecule has 0 saturated heterocycles. The highest BCUT2D eigenvalue weighted by molar-refractivity contribution is 5.96. The van der Waals surface area contributed by atoms with Gasteiger partial charge in [0.05, 0.1) is 5.69 Å². The smallest absolute Gasteiger partial charge is 0.269 e. The predicted molar refractivity (Wildman–Crippen MR) is 98.1 cm³/mol. The van der Waals surface area contributed by atoms with Crippen LogP contribution in [0.15, 0.2) is 30.7 Å². The van der Waals surface area contributed by atoms with E-state index in [-0.39, 0.29) is 18.3 Å². The molecule has 3 aromatic heterocycles. The van der Waals surface area contributed by atoms with E-state index in [0.717, 1.165) is 53.9 Å². The summed E-state index contributed by atoms with van der Waals surface area (Å²) in [4.78, 5) is 25.7. The van der Waals surface area contributed by atoms with Crippen LogP contribution in [-0.4, -0.2) is 37.2 Å². The number of aryl methyl sites for hydroxylation is 2. The number of amides is 1. The second-order valence-electron chi connectivity index (χ2n) is 6.31. The summed E-state index contributed by atoms with van der Waals surface area (Å²) in [5.41, 5.74) is 5.37.